The fourth-order valence-corrected chi connectivity index (χ4v) is 1.75. The molecule has 0 spiro atoms. The number of halogens is 1. The summed E-state index contributed by atoms with van der Waals surface area (Å²) in [7, 11) is 1.61. The molecule has 5 nitrogen and oxygen atoms in total. The first kappa shape index (κ1) is 12.1. The zero-order valence-corrected chi connectivity index (χ0v) is 9.81. The van der Waals surface area contributed by atoms with Crippen LogP contribution in [0.4, 0.5) is 5.69 Å². The fraction of sp³-hybridized carbons (Fsp3) is 0.444. The normalized spacial score (nSPS) is 12.4. The molecule has 0 aliphatic carbocycles. The lowest BCUT2D eigenvalue weighted by atomic mass is 10.2. The summed E-state index contributed by atoms with van der Waals surface area (Å²) in [5, 5.41) is 10.5. The van der Waals surface area contributed by atoms with Crippen LogP contribution in [0, 0.1) is 10.1 Å². The summed E-state index contributed by atoms with van der Waals surface area (Å²) in [5.74, 6) is 0. The number of hydrogen-bond donors (Lipinski definition) is 0. The summed E-state index contributed by atoms with van der Waals surface area (Å²) >= 11 is 3.40. The van der Waals surface area contributed by atoms with Crippen LogP contribution in [-0.2, 0) is 11.2 Å². The van der Waals surface area contributed by atoms with Gasteiger partial charge in [0.15, 0.2) is 0 Å². The SMILES string of the molecule is COCC(Br)Cc1cc([N+](=O)[O-])ccn1. The number of hydrogen-bond acceptors (Lipinski definition) is 4. The van der Waals surface area contributed by atoms with Crippen molar-refractivity contribution >= 4 is 21.6 Å². The number of nitrogens with zero attached hydrogens (tertiary/aromatic N) is 2. The summed E-state index contributed by atoms with van der Waals surface area (Å²) in [6.07, 6.45) is 2.05. The van der Waals surface area contributed by atoms with Gasteiger partial charge in [0.25, 0.3) is 5.69 Å². The number of rotatable bonds is 5. The standard InChI is InChI=1S/C9H11BrN2O3/c1-15-6-7(10)4-8-5-9(12(13)14)2-3-11-8/h2-3,5,7H,4,6H2,1H3. The lowest BCUT2D eigenvalue weighted by molar-refractivity contribution is -0.385. The van der Waals surface area contributed by atoms with Crippen molar-refractivity contribution in [1.82, 2.24) is 4.98 Å². The molecule has 0 N–H and O–H groups in total. The molecule has 1 heterocycles. The molecule has 6 heteroatoms. The maximum Gasteiger partial charge on any atom is 0.272 e. The molecule has 15 heavy (non-hydrogen) atoms. The first-order valence-corrected chi connectivity index (χ1v) is 5.27. The summed E-state index contributed by atoms with van der Waals surface area (Å²) in [4.78, 5) is 14.3. The molecule has 0 aliphatic heterocycles. The van der Waals surface area contributed by atoms with E-state index in [1.54, 1.807) is 7.11 Å². The van der Waals surface area contributed by atoms with Gasteiger partial charge in [-0.2, -0.15) is 0 Å². The Hall–Kier alpha value is -1.01. The monoisotopic (exact) mass is 274 g/mol. The highest BCUT2D eigenvalue weighted by atomic mass is 79.9. The van der Waals surface area contributed by atoms with E-state index in [1.165, 1.54) is 18.3 Å². The van der Waals surface area contributed by atoms with E-state index >= 15 is 0 Å². The Kier molecular flexibility index (Phi) is 4.64. The average molecular weight is 275 g/mol. The molecular formula is C9H11BrN2O3. The number of methoxy groups -OCH3 is 1. The highest BCUT2D eigenvalue weighted by molar-refractivity contribution is 9.09. The lowest BCUT2D eigenvalue weighted by Gasteiger charge is -2.07. The molecule has 82 valence electrons. The van der Waals surface area contributed by atoms with Crippen LogP contribution in [0.5, 0.6) is 0 Å². The topological polar surface area (TPSA) is 65.3 Å². The largest absolute Gasteiger partial charge is 0.384 e. The van der Waals surface area contributed by atoms with Crippen molar-refractivity contribution < 1.29 is 9.66 Å². The van der Waals surface area contributed by atoms with Crippen LogP contribution in [0.25, 0.3) is 0 Å². The van der Waals surface area contributed by atoms with Crippen molar-refractivity contribution in [2.45, 2.75) is 11.2 Å². The van der Waals surface area contributed by atoms with E-state index < -0.39 is 4.92 Å². The summed E-state index contributed by atoms with van der Waals surface area (Å²) in [5.41, 5.74) is 0.750. The Morgan fingerprint density at radius 1 is 1.73 bits per heavy atom. The van der Waals surface area contributed by atoms with Gasteiger partial charge in [0.2, 0.25) is 0 Å². The van der Waals surface area contributed by atoms with Crippen LogP contribution in [0.3, 0.4) is 0 Å². The minimum Gasteiger partial charge on any atom is -0.384 e. The first-order valence-electron chi connectivity index (χ1n) is 4.36. The van der Waals surface area contributed by atoms with E-state index in [4.69, 9.17) is 4.74 Å². The smallest absolute Gasteiger partial charge is 0.272 e. The number of alkyl halides is 1. The molecule has 0 saturated carbocycles. The quantitative estimate of drug-likeness (QED) is 0.468. The van der Waals surface area contributed by atoms with Gasteiger partial charge >= 0.3 is 0 Å². The third kappa shape index (κ3) is 3.93. The van der Waals surface area contributed by atoms with Gasteiger partial charge in [-0.05, 0) is 0 Å². The van der Waals surface area contributed by atoms with Gasteiger partial charge in [-0.15, -0.1) is 0 Å². The molecule has 0 amide bonds. The van der Waals surface area contributed by atoms with Gasteiger partial charge in [0.05, 0.1) is 11.5 Å². The summed E-state index contributed by atoms with van der Waals surface area (Å²) < 4.78 is 4.94. The van der Waals surface area contributed by atoms with E-state index in [0.717, 1.165) is 0 Å². The first-order chi connectivity index (χ1) is 7.13. The van der Waals surface area contributed by atoms with Crippen LogP contribution in [-0.4, -0.2) is 28.5 Å². The number of pyridine rings is 1. The van der Waals surface area contributed by atoms with Gasteiger partial charge in [-0.1, -0.05) is 15.9 Å². The molecule has 0 aliphatic rings. The molecular weight excluding hydrogens is 264 g/mol. The highest BCUT2D eigenvalue weighted by Crippen LogP contribution is 2.14. The van der Waals surface area contributed by atoms with E-state index in [0.29, 0.717) is 18.7 Å². The summed E-state index contributed by atoms with van der Waals surface area (Å²) in [6.45, 7) is 0.546. The average Bonchev–Trinajstić information content (AvgIpc) is 2.18. The van der Waals surface area contributed by atoms with E-state index in [1.807, 2.05) is 0 Å². The van der Waals surface area contributed by atoms with Crippen molar-refractivity contribution in [2.24, 2.45) is 0 Å². The predicted octanol–water partition coefficient (Wildman–Crippen LogP) is 1.94. The fourth-order valence-electron chi connectivity index (χ4n) is 1.16. The van der Waals surface area contributed by atoms with Crippen molar-refractivity contribution in [1.29, 1.82) is 0 Å². The molecule has 0 saturated heterocycles. The molecule has 1 unspecified atom stereocenters. The van der Waals surface area contributed by atoms with Gasteiger partial charge in [0, 0.05) is 42.4 Å². The van der Waals surface area contributed by atoms with Crippen LogP contribution in [0.2, 0.25) is 0 Å². The Morgan fingerprint density at radius 2 is 2.47 bits per heavy atom. The maximum atomic E-state index is 10.5. The van der Waals surface area contributed by atoms with Crippen molar-refractivity contribution in [2.75, 3.05) is 13.7 Å². The molecule has 1 aromatic rings. The minimum atomic E-state index is -0.426. The van der Waals surface area contributed by atoms with Gasteiger partial charge < -0.3 is 4.74 Å². The van der Waals surface area contributed by atoms with Crippen LogP contribution in [0.1, 0.15) is 5.69 Å². The summed E-state index contributed by atoms with van der Waals surface area (Å²) in [6, 6.07) is 2.85. The number of nitro groups is 1. The van der Waals surface area contributed by atoms with E-state index in [-0.39, 0.29) is 10.5 Å². The highest BCUT2D eigenvalue weighted by Gasteiger charge is 2.10. The predicted molar refractivity (Wildman–Crippen MR) is 59.2 cm³/mol. The second kappa shape index (κ2) is 5.77. The molecule has 0 aromatic carbocycles. The second-order valence-electron chi connectivity index (χ2n) is 3.02. The van der Waals surface area contributed by atoms with Crippen molar-refractivity contribution in [3.05, 3.63) is 34.1 Å². The lowest BCUT2D eigenvalue weighted by Crippen LogP contribution is -2.11. The van der Waals surface area contributed by atoms with Gasteiger partial charge in [-0.25, -0.2) is 0 Å². The Balaban J connectivity index is 2.69. The Bertz CT molecular complexity index is 346. The third-order valence-electron chi connectivity index (χ3n) is 1.79. The number of aromatic nitrogens is 1. The molecule has 1 atom stereocenters. The Morgan fingerprint density at radius 3 is 3.07 bits per heavy atom. The molecule has 0 fully saturated rings. The zero-order chi connectivity index (χ0) is 11.3. The van der Waals surface area contributed by atoms with E-state index in [2.05, 4.69) is 20.9 Å². The van der Waals surface area contributed by atoms with Crippen LogP contribution < -0.4 is 0 Å². The van der Waals surface area contributed by atoms with Crippen LogP contribution >= 0.6 is 15.9 Å². The van der Waals surface area contributed by atoms with Gasteiger partial charge in [0.1, 0.15) is 0 Å². The van der Waals surface area contributed by atoms with Gasteiger partial charge in [-0.3, -0.25) is 15.1 Å². The van der Waals surface area contributed by atoms with E-state index in [9.17, 15) is 10.1 Å². The molecule has 0 bridgehead atoms. The zero-order valence-electron chi connectivity index (χ0n) is 8.22. The maximum absolute atomic E-state index is 10.5. The Labute approximate surface area is 95.7 Å². The minimum absolute atomic E-state index is 0.0668. The molecule has 1 aromatic heterocycles. The van der Waals surface area contributed by atoms with Crippen molar-refractivity contribution in [3.8, 4) is 0 Å². The molecule has 0 radical (unpaired) electrons. The second-order valence-corrected chi connectivity index (χ2v) is 4.31. The van der Waals surface area contributed by atoms with Crippen LogP contribution in [0.15, 0.2) is 18.3 Å². The third-order valence-corrected chi connectivity index (χ3v) is 2.38. The number of ether oxygens (including phenoxy) is 1. The van der Waals surface area contributed by atoms with Crippen molar-refractivity contribution in [3.63, 3.8) is 0 Å². The molecule has 1 rings (SSSR count).